The molecule has 1 heterocycles. The number of amides is 4. The topological polar surface area (TPSA) is 66.5 Å². The molecule has 4 amide bonds. The number of carbonyl (C=O) groups is 3. The maximum atomic E-state index is 12.4. The Bertz CT molecular complexity index is 550. The number of benzene rings is 1. The Morgan fingerprint density at radius 3 is 2.25 bits per heavy atom. The van der Waals surface area contributed by atoms with Crippen molar-refractivity contribution in [2.75, 3.05) is 6.54 Å². The predicted molar refractivity (Wildman–Crippen MR) is 60.6 cm³/mol. The fourth-order valence-electron chi connectivity index (χ4n) is 1.72. The van der Waals surface area contributed by atoms with E-state index in [1.54, 1.807) is 0 Å². The molecule has 0 aromatic heterocycles. The van der Waals surface area contributed by atoms with Gasteiger partial charge in [0, 0.05) is 18.5 Å². The second kappa shape index (κ2) is 4.95. The van der Waals surface area contributed by atoms with Crippen LogP contribution in [-0.2, 0) is 11.0 Å². The largest absolute Gasteiger partial charge is 0.416 e. The lowest BCUT2D eigenvalue weighted by molar-refractivity contribution is -0.137. The van der Waals surface area contributed by atoms with Gasteiger partial charge in [0.2, 0.25) is 5.91 Å². The summed E-state index contributed by atoms with van der Waals surface area (Å²) in [5.41, 5.74) is -1.08. The van der Waals surface area contributed by atoms with Crippen LogP contribution in [0.4, 0.5) is 18.0 Å². The fourth-order valence-corrected chi connectivity index (χ4v) is 1.72. The van der Waals surface area contributed by atoms with Crippen molar-refractivity contribution in [1.82, 2.24) is 10.2 Å². The molecule has 0 saturated carbocycles. The second-order valence-corrected chi connectivity index (χ2v) is 4.09. The number of urea groups is 1. The van der Waals surface area contributed by atoms with Crippen LogP contribution in [0.5, 0.6) is 0 Å². The molecule has 1 aliphatic rings. The van der Waals surface area contributed by atoms with Gasteiger partial charge in [-0.1, -0.05) is 0 Å². The molecule has 1 aliphatic heterocycles. The molecule has 0 atom stereocenters. The average Bonchev–Trinajstić information content (AvgIpc) is 2.37. The first-order valence-corrected chi connectivity index (χ1v) is 5.63. The highest BCUT2D eigenvalue weighted by Gasteiger charge is 2.34. The fraction of sp³-hybridized carbons (Fsp3) is 0.250. The summed E-state index contributed by atoms with van der Waals surface area (Å²) >= 11 is 0. The highest BCUT2D eigenvalue weighted by atomic mass is 19.4. The summed E-state index contributed by atoms with van der Waals surface area (Å²) in [5.74, 6) is -1.63. The molecule has 0 spiro atoms. The van der Waals surface area contributed by atoms with Crippen molar-refractivity contribution < 1.29 is 27.6 Å². The molecule has 1 N–H and O–H groups in total. The summed E-state index contributed by atoms with van der Waals surface area (Å²) in [6, 6.07) is 2.44. The van der Waals surface area contributed by atoms with Crippen molar-refractivity contribution in [3.8, 4) is 0 Å². The highest BCUT2D eigenvalue weighted by molar-refractivity contribution is 6.16. The van der Waals surface area contributed by atoms with Crippen LogP contribution in [0.3, 0.4) is 0 Å². The molecule has 20 heavy (non-hydrogen) atoms. The summed E-state index contributed by atoms with van der Waals surface area (Å²) in [6.07, 6.45) is -4.54. The van der Waals surface area contributed by atoms with E-state index in [4.69, 9.17) is 0 Å². The van der Waals surface area contributed by atoms with Crippen molar-refractivity contribution in [2.45, 2.75) is 12.6 Å². The van der Waals surface area contributed by atoms with Gasteiger partial charge in [-0.15, -0.1) is 0 Å². The van der Waals surface area contributed by atoms with Crippen LogP contribution in [0.1, 0.15) is 22.3 Å². The molecule has 0 aliphatic carbocycles. The van der Waals surface area contributed by atoms with Gasteiger partial charge in [-0.2, -0.15) is 18.1 Å². The number of nitrogens with one attached hydrogen (secondary N) is 1. The zero-order valence-corrected chi connectivity index (χ0v) is 10.0. The molecule has 1 aromatic carbocycles. The first-order valence-electron chi connectivity index (χ1n) is 5.63. The van der Waals surface area contributed by atoms with Gasteiger partial charge in [0.15, 0.2) is 0 Å². The minimum absolute atomic E-state index is 0.0296. The third-order valence-corrected chi connectivity index (χ3v) is 2.73. The van der Waals surface area contributed by atoms with E-state index in [1.165, 1.54) is 0 Å². The minimum atomic E-state index is -4.51. The lowest BCUT2D eigenvalue weighted by Crippen LogP contribution is -2.52. The molecular weight excluding hydrogens is 277 g/mol. The minimum Gasteiger partial charge on any atom is -0.337 e. The molecule has 1 aromatic rings. The average molecular weight is 286 g/mol. The smallest absolute Gasteiger partial charge is 0.337 e. The van der Waals surface area contributed by atoms with Crippen molar-refractivity contribution in [3.05, 3.63) is 35.4 Å². The Morgan fingerprint density at radius 1 is 1.15 bits per heavy atom. The number of halogens is 3. The molecule has 2 rings (SSSR count). The summed E-state index contributed by atoms with van der Waals surface area (Å²) in [7, 11) is 0. The number of imide groups is 3. The molecule has 1 saturated heterocycles. The Kier molecular flexibility index (Phi) is 3.47. The van der Waals surface area contributed by atoms with Gasteiger partial charge in [-0.05, 0) is 24.3 Å². The molecule has 106 valence electrons. The molecule has 0 unspecified atom stereocenters. The normalized spacial score (nSPS) is 16.1. The van der Waals surface area contributed by atoms with E-state index in [1.807, 2.05) is 0 Å². The summed E-state index contributed by atoms with van der Waals surface area (Å²) in [4.78, 5) is 35.3. The van der Waals surface area contributed by atoms with E-state index >= 15 is 0 Å². The molecule has 1 fully saturated rings. The second-order valence-electron chi connectivity index (χ2n) is 4.09. The number of hydrogen-bond donors (Lipinski definition) is 1. The zero-order valence-electron chi connectivity index (χ0n) is 10.0. The lowest BCUT2D eigenvalue weighted by Gasteiger charge is -2.23. The summed E-state index contributed by atoms with van der Waals surface area (Å²) in [5, 5.41) is 2.31. The number of nitrogens with zero attached hydrogens (tertiary/aromatic N) is 1. The van der Waals surface area contributed by atoms with Crippen LogP contribution in [0, 0.1) is 0 Å². The number of hydrogen-bond acceptors (Lipinski definition) is 3. The van der Waals surface area contributed by atoms with Crippen molar-refractivity contribution in [2.24, 2.45) is 0 Å². The van der Waals surface area contributed by atoms with E-state index in [-0.39, 0.29) is 18.5 Å². The Balaban J connectivity index is 2.25. The quantitative estimate of drug-likeness (QED) is 0.800. The Labute approximate surface area is 111 Å². The monoisotopic (exact) mass is 286 g/mol. The third kappa shape index (κ3) is 2.63. The molecule has 0 radical (unpaired) electrons. The predicted octanol–water partition coefficient (Wildman–Crippen LogP) is 1.79. The van der Waals surface area contributed by atoms with Crippen molar-refractivity contribution in [1.29, 1.82) is 0 Å². The van der Waals surface area contributed by atoms with E-state index < -0.39 is 29.6 Å². The van der Waals surface area contributed by atoms with Gasteiger partial charge in [-0.25, -0.2) is 4.79 Å². The summed E-state index contributed by atoms with van der Waals surface area (Å²) < 4.78 is 37.2. The maximum Gasteiger partial charge on any atom is 0.416 e. The highest BCUT2D eigenvalue weighted by Crippen LogP contribution is 2.29. The van der Waals surface area contributed by atoms with Crippen LogP contribution in [0.25, 0.3) is 0 Å². The van der Waals surface area contributed by atoms with Crippen LogP contribution in [-0.4, -0.2) is 29.3 Å². The molecule has 5 nitrogen and oxygen atoms in total. The summed E-state index contributed by atoms with van der Waals surface area (Å²) in [6.45, 7) is 0.133. The van der Waals surface area contributed by atoms with E-state index in [2.05, 4.69) is 5.32 Å². The first kappa shape index (κ1) is 14.0. The lowest BCUT2D eigenvalue weighted by atomic mass is 10.1. The zero-order chi connectivity index (χ0) is 14.9. The van der Waals surface area contributed by atoms with Crippen LogP contribution < -0.4 is 5.32 Å². The number of alkyl halides is 3. The van der Waals surface area contributed by atoms with E-state index in [0.29, 0.717) is 4.90 Å². The van der Waals surface area contributed by atoms with Gasteiger partial charge in [0.25, 0.3) is 5.91 Å². The van der Waals surface area contributed by atoms with E-state index in [0.717, 1.165) is 24.3 Å². The van der Waals surface area contributed by atoms with Crippen LogP contribution in [0.2, 0.25) is 0 Å². The van der Waals surface area contributed by atoms with Gasteiger partial charge >= 0.3 is 12.2 Å². The van der Waals surface area contributed by atoms with E-state index in [9.17, 15) is 27.6 Å². The maximum absolute atomic E-state index is 12.4. The van der Waals surface area contributed by atoms with Gasteiger partial charge in [0.1, 0.15) is 0 Å². The van der Waals surface area contributed by atoms with Gasteiger partial charge in [-0.3, -0.25) is 9.59 Å². The van der Waals surface area contributed by atoms with Gasteiger partial charge in [0.05, 0.1) is 5.56 Å². The van der Waals surface area contributed by atoms with Crippen molar-refractivity contribution >= 4 is 17.8 Å². The van der Waals surface area contributed by atoms with Crippen LogP contribution >= 0.6 is 0 Å². The molecule has 0 bridgehead atoms. The number of rotatable bonds is 1. The van der Waals surface area contributed by atoms with Gasteiger partial charge < -0.3 is 5.32 Å². The SMILES string of the molecule is O=C1CCNC(=O)N1C(=O)c1ccc(C(F)(F)F)cc1. The number of carbonyl (C=O) groups excluding carboxylic acids is 3. The molecule has 8 heteroatoms. The Hall–Kier alpha value is -2.38. The third-order valence-electron chi connectivity index (χ3n) is 2.73. The standard InChI is InChI=1S/C12H9F3N2O3/c13-12(14,15)8-3-1-7(2-4-8)10(19)17-9(18)5-6-16-11(17)20/h1-4H,5-6H2,(H,16,20). The molecular formula is C12H9F3N2O3. The van der Waals surface area contributed by atoms with Crippen molar-refractivity contribution in [3.63, 3.8) is 0 Å². The first-order chi connectivity index (χ1) is 9.30. The van der Waals surface area contributed by atoms with Crippen LogP contribution in [0.15, 0.2) is 24.3 Å². The Morgan fingerprint density at radius 2 is 1.75 bits per heavy atom.